The van der Waals surface area contributed by atoms with E-state index in [1.165, 1.54) is 11.3 Å². The van der Waals surface area contributed by atoms with Gasteiger partial charge in [0, 0.05) is 26.2 Å². The molecule has 4 nitrogen and oxygen atoms in total. The number of nitriles is 1. The largest absolute Gasteiger partial charge is 0.397 e. The maximum absolute atomic E-state index is 8.86. The van der Waals surface area contributed by atoms with Crippen LogP contribution in [0.25, 0.3) is 0 Å². The fourth-order valence-corrected chi connectivity index (χ4v) is 2.85. The van der Waals surface area contributed by atoms with Crippen LogP contribution in [0.3, 0.4) is 0 Å². The van der Waals surface area contributed by atoms with Crippen LogP contribution in [0.5, 0.6) is 0 Å². The first kappa shape index (κ1) is 11.2. The van der Waals surface area contributed by atoms with E-state index < -0.39 is 0 Å². The van der Waals surface area contributed by atoms with Crippen molar-refractivity contribution in [3.05, 3.63) is 10.9 Å². The van der Waals surface area contributed by atoms with Gasteiger partial charge >= 0.3 is 0 Å². The maximum Gasteiger partial charge on any atom is 0.129 e. The molecule has 0 bridgehead atoms. The predicted octanol–water partition coefficient (Wildman–Crippen LogP) is 1.34. The number of piperazine rings is 1. The number of hydrogen-bond acceptors (Lipinski definition) is 5. The highest BCUT2D eigenvalue weighted by Gasteiger charge is 2.18. The lowest BCUT2D eigenvalue weighted by molar-refractivity contribution is 0.271. The summed E-state index contributed by atoms with van der Waals surface area (Å²) >= 11 is 1.50. The van der Waals surface area contributed by atoms with Gasteiger partial charge in [-0.3, -0.25) is 0 Å². The maximum atomic E-state index is 8.86. The van der Waals surface area contributed by atoms with E-state index in [1.807, 2.05) is 6.07 Å². The molecule has 2 heterocycles. The molecule has 2 N–H and O–H groups in total. The summed E-state index contributed by atoms with van der Waals surface area (Å²) in [5, 5.41) is 9.99. The molecule has 0 unspecified atom stereocenters. The summed E-state index contributed by atoms with van der Waals surface area (Å²) in [7, 11) is 0. The highest BCUT2D eigenvalue weighted by molar-refractivity contribution is 7.17. The van der Waals surface area contributed by atoms with Crippen LogP contribution in [-0.4, -0.2) is 37.6 Å². The Kier molecular flexibility index (Phi) is 3.32. The van der Waals surface area contributed by atoms with E-state index in [0.717, 1.165) is 37.7 Å². The van der Waals surface area contributed by atoms with Crippen LogP contribution in [0.2, 0.25) is 0 Å². The molecule has 0 atom stereocenters. The van der Waals surface area contributed by atoms with Crippen molar-refractivity contribution in [1.29, 1.82) is 5.26 Å². The van der Waals surface area contributed by atoms with Gasteiger partial charge in [0.2, 0.25) is 0 Å². The summed E-state index contributed by atoms with van der Waals surface area (Å²) in [6.45, 7) is 7.54. The van der Waals surface area contributed by atoms with Crippen LogP contribution in [0, 0.1) is 11.3 Å². The first-order chi connectivity index (χ1) is 7.74. The number of likely N-dealkylation sites (N-methyl/N-ethyl adjacent to an activating group) is 1. The third-order valence-electron chi connectivity index (χ3n) is 2.98. The molecular weight excluding hydrogens is 220 g/mol. The van der Waals surface area contributed by atoms with Crippen molar-refractivity contribution in [1.82, 2.24) is 4.90 Å². The molecule has 1 saturated heterocycles. The lowest BCUT2D eigenvalue weighted by Crippen LogP contribution is -2.45. The molecule has 0 aromatic carbocycles. The molecule has 0 aliphatic carbocycles. The number of nitrogens with zero attached hydrogens (tertiary/aromatic N) is 3. The first-order valence-corrected chi connectivity index (χ1v) is 6.33. The van der Waals surface area contributed by atoms with Gasteiger partial charge in [0.05, 0.1) is 10.7 Å². The molecule has 0 amide bonds. The minimum absolute atomic E-state index is 0.612. The van der Waals surface area contributed by atoms with E-state index in [2.05, 4.69) is 22.8 Å². The van der Waals surface area contributed by atoms with Crippen molar-refractivity contribution in [2.24, 2.45) is 0 Å². The van der Waals surface area contributed by atoms with Gasteiger partial charge in [0.25, 0.3) is 0 Å². The second-order valence-corrected chi connectivity index (χ2v) is 4.93. The van der Waals surface area contributed by atoms with Gasteiger partial charge in [-0.15, -0.1) is 11.3 Å². The molecule has 1 aliphatic rings. The van der Waals surface area contributed by atoms with Crippen LogP contribution in [0.4, 0.5) is 10.7 Å². The Balaban J connectivity index is 2.06. The predicted molar refractivity (Wildman–Crippen MR) is 67.8 cm³/mol. The van der Waals surface area contributed by atoms with Crippen molar-refractivity contribution >= 4 is 22.0 Å². The number of rotatable bonds is 2. The minimum atomic E-state index is 0.612. The average Bonchev–Trinajstić information content (AvgIpc) is 2.71. The molecule has 16 heavy (non-hydrogen) atoms. The van der Waals surface area contributed by atoms with Crippen molar-refractivity contribution in [2.45, 2.75) is 6.92 Å². The van der Waals surface area contributed by atoms with Crippen molar-refractivity contribution < 1.29 is 0 Å². The quantitative estimate of drug-likeness (QED) is 0.842. The van der Waals surface area contributed by atoms with E-state index in [4.69, 9.17) is 11.0 Å². The summed E-state index contributed by atoms with van der Waals surface area (Å²) in [4.78, 5) is 5.38. The monoisotopic (exact) mass is 236 g/mol. The fourth-order valence-electron chi connectivity index (χ4n) is 1.92. The Bertz CT molecular complexity index is 399. The van der Waals surface area contributed by atoms with Crippen LogP contribution < -0.4 is 10.6 Å². The zero-order valence-corrected chi connectivity index (χ0v) is 10.3. The molecule has 0 radical (unpaired) electrons. The minimum Gasteiger partial charge on any atom is -0.397 e. The number of hydrogen-bond donors (Lipinski definition) is 1. The van der Waals surface area contributed by atoms with Gasteiger partial charge < -0.3 is 15.5 Å². The molecule has 1 aromatic heterocycles. The molecule has 1 aromatic rings. The summed E-state index contributed by atoms with van der Waals surface area (Å²) < 4.78 is 0. The topological polar surface area (TPSA) is 56.3 Å². The molecule has 1 fully saturated rings. The highest BCUT2D eigenvalue weighted by Crippen LogP contribution is 2.31. The number of thiophene rings is 1. The van der Waals surface area contributed by atoms with Crippen LogP contribution in [0.1, 0.15) is 11.8 Å². The van der Waals surface area contributed by atoms with E-state index >= 15 is 0 Å². The van der Waals surface area contributed by atoms with E-state index in [1.54, 1.807) is 0 Å². The van der Waals surface area contributed by atoms with Crippen molar-refractivity contribution in [2.75, 3.05) is 43.4 Å². The number of nitrogen functional groups attached to an aromatic ring is 1. The average molecular weight is 236 g/mol. The smallest absolute Gasteiger partial charge is 0.129 e. The zero-order chi connectivity index (χ0) is 11.5. The lowest BCUT2D eigenvalue weighted by atomic mass is 10.3. The number of nitrogens with two attached hydrogens (primary N) is 1. The van der Waals surface area contributed by atoms with Crippen molar-refractivity contribution in [3.63, 3.8) is 0 Å². The van der Waals surface area contributed by atoms with Crippen LogP contribution >= 0.6 is 11.3 Å². The van der Waals surface area contributed by atoms with Crippen LogP contribution in [0.15, 0.2) is 6.07 Å². The van der Waals surface area contributed by atoms with E-state index in [9.17, 15) is 0 Å². The Labute approximate surface area is 99.9 Å². The van der Waals surface area contributed by atoms with Gasteiger partial charge in [-0.1, -0.05) is 6.92 Å². The summed E-state index contributed by atoms with van der Waals surface area (Å²) in [6, 6.07) is 4.05. The first-order valence-electron chi connectivity index (χ1n) is 5.51. The van der Waals surface area contributed by atoms with Gasteiger partial charge in [0.1, 0.15) is 10.9 Å². The summed E-state index contributed by atoms with van der Waals surface area (Å²) in [5.74, 6) is 0. The summed E-state index contributed by atoms with van der Waals surface area (Å²) in [5.41, 5.74) is 6.37. The molecule has 5 heteroatoms. The number of anilines is 2. The van der Waals surface area contributed by atoms with Gasteiger partial charge in [-0.2, -0.15) is 5.26 Å². The Morgan fingerprint density at radius 1 is 1.44 bits per heavy atom. The molecule has 2 rings (SSSR count). The third-order valence-corrected chi connectivity index (χ3v) is 4.10. The standard InChI is InChI=1S/C11H16N4S/c1-2-14-3-5-15(6-4-14)11-7-9(13)10(8-12)16-11/h7H,2-6,13H2,1H3. The molecule has 86 valence electrons. The third kappa shape index (κ3) is 2.13. The van der Waals surface area contributed by atoms with Gasteiger partial charge in [-0.05, 0) is 12.6 Å². The summed E-state index contributed by atoms with van der Waals surface area (Å²) in [6.07, 6.45) is 0. The highest BCUT2D eigenvalue weighted by atomic mass is 32.1. The Morgan fingerprint density at radius 2 is 2.12 bits per heavy atom. The van der Waals surface area contributed by atoms with Gasteiger partial charge in [-0.25, -0.2) is 0 Å². The Morgan fingerprint density at radius 3 is 2.62 bits per heavy atom. The SMILES string of the molecule is CCN1CCN(c2cc(N)c(C#N)s2)CC1. The zero-order valence-electron chi connectivity index (χ0n) is 9.44. The van der Waals surface area contributed by atoms with Crippen molar-refractivity contribution in [3.8, 4) is 6.07 Å². The molecule has 0 saturated carbocycles. The molecule has 0 spiro atoms. The van der Waals surface area contributed by atoms with E-state index in [0.29, 0.717) is 10.6 Å². The second kappa shape index (κ2) is 4.73. The van der Waals surface area contributed by atoms with Gasteiger partial charge in [0.15, 0.2) is 0 Å². The second-order valence-electron chi connectivity index (χ2n) is 3.90. The normalized spacial score (nSPS) is 17.4. The lowest BCUT2D eigenvalue weighted by Gasteiger charge is -2.34. The Hall–Kier alpha value is -1.25. The fraction of sp³-hybridized carbons (Fsp3) is 0.545. The van der Waals surface area contributed by atoms with Crippen LogP contribution in [-0.2, 0) is 0 Å². The molecule has 1 aliphatic heterocycles. The van der Waals surface area contributed by atoms with E-state index in [-0.39, 0.29) is 0 Å². The molecular formula is C11H16N4S.